The predicted octanol–water partition coefficient (Wildman–Crippen LogP) is 2.73. The van der Waals surface area contributed by atoms with Crippen molar-refractivity contribution >= 4 is 11.9 Å². The van der Waals surface area contributed by atoms with E-state index in [4.69, 9.17) is 9.84 Å². The first-order valence-electron chi connectivity index (χ1n) is 8.21. The molecule has 0 spiro atoms. The average Bonchev–Trinajstić information content (AvgIpc) is 2.58. The summed E-state index contributed by atoms with van der Waals surface area (Å²) < 4.78 is 5.19. The van der Waals surface area contributed by atoms with Gasteiger partial charge in [0.05, 0.1) is 7.11 Å². The molecule has 0 aromatic heterocycles. The number of carboxylic acids is 1. The van der Waals surface area contributed by atoms with Crippen LogP contribution in [0.5, 0.6) is 5.75 Å². The van der Waals surface area contributed by atoms with Crippen LogP contribution in [0, 0.1) is 5.92 Å². The van der Waals surface area contributed by atoms with Gasteiger partial charge in [-0.2, -0.15) is 0 Å². The topological polar surface area (TPSA) is 66.8 Å². The number of carbonyl (C=O) groups excluding carboxylic acids is 1. The molecule has 0 saturated carbocycles. The zero-order valence-electron chi connectivity index (χ0n) is 13.7. The van der Waals surface area contributed by atoms with Gasteiger partial charge in [-0.3, -0.25) is 9.59 Å². The molecule has 1 aromatic carbocycles. The van der Waals surface area contributed by atoms with Crippen LogP contribution in [0.1, 0.15) is 37.7 Å². The first kappa shape index (κ1) is 17.3. The largest absolute Gasteiger partial charge is 0.497 e. The number of hydrogen-bond acceptors (Lipinski definition) is 3. The summed E-state index contributed by atoms with van der Waals surface area (Å²) in [5.74, 6) is 0.529. The van der Waals surface area contributed by atoms with Crippen LogP contribution in [0.25, 0.3) is 0 Å². The predicted molar refractivity (Wildman–Crippen MR) is 87.5 cm³/mol. The van der Waals surface area contributed by atoms with Gasteiger partial charge in [0.15, 0.2) is 0 Å². The highest BCUT2D eigenvalue weighted by atomic mass is 16.5. The van der Waals surface area contributed by atoms with Crippen molar-refractivity contribution in [1.82, 2.24) is 4.90 Å². The average molecular weight is 319 g/mol. The molecular formula is C18H25NO4. The zero-order valence-corrected chi connectivity index (χ0v) is 13.7. The van der Waals surface area contributed by atoms with Gasteiger partial charge in [0.2, 0.25) is 5.91 Å². The Morgan fingerprint density at radius 2 is 2.17 bits per heavy atom. The first-order chi connectivity index (χ1) is 11.1. The molecule has 1 aliphatic rings. The van der Waals surface area contributed by atoms with Crippen molar-refractivity contribution in [3.8, 4) is 5.75 Å². The molecule has 5 nitrogen and oxygen atoms in total. The number of ether oxygens (including phenoxy) is 1. The first-order valence-corrected chi connectivity index (χ1v) is 8.21. The number of amides is 1. The van der Waals surface area contributed by atoms with Crippen molar-refractivity contribution in [3.63, 3.8) is 0 Å². The van der Waals surface area contributed by atoms with Crippen LogP contribution in [-0.4, -0.2) is 42.1 Å². The lowest BCUT2D eigenvalue weighted by atomic mass is 9.93. The number of aliphatic carboxylic acids is 1. The maximum absolute atomic E-state index is 12.4. The number of nitrogens with zero attached hydrogens (tertiary/aromatic N) is 1. The molecule has 23 heavy (non-hydrogen) atoms. The van der Waals surface area contributed by atoms with Gasteiger partial charge in [0.1, 0.15) is 5.75 Å². The second kappa shape index (κ2) is 8.56. The van der Waals surface area contributed by atoms with Gasteiger partial charge in [0.25, 0.3) is 0 Å². The van der Waals surface area contributed by atoms with Gasteiger partial charge >= 0.3 is 5.97 Å². The summed E-state index contributed by atoms with van der Waals surface area (Å²) in [6, 6.07) is 7.78. The zero-order chi connectivity index (χ0) is 16.7. The third-order valence-corrected chi connectivity index (χ3v) is 4.40. The molecule has 0 radical (unpaired) electrons. The Labute approximate surface area is 137 Å². The molecule has 5 heteroatoms. The normalized spacial score (nSPS) is 17.8. The molecular weight excluding hydrogens is 294 g/mol. The third kappa shape index (κ3) is 5.58. The number of hydrogen-bond donors (Lipinski definition) is 1. The van der Waals surface area contributed by atoms with E-state index in [1.807, 2.05) is 29.2 Å². The fourth-order valence-electron chi connectivity index (χ4n) is 3.09. The SMILES string of the molecule is COc1cccc(CCC(=O)N2CCC[C@@H](CCC(=O)O)C2)c1. The number of likely N-dealkylation sites (tertiary alicyclic amines) is 1. The van der Waals surface area contributed by atoms with Gasteiger partial charge in [-0.05, 0) is 49.3 Å². The molecule has 1 aromatic rings. The summed E-state index contributed by atoms with van der Waals surface area (Å²) in [7, 11) is 1.63. The lowest BCUT2D eigenvalue weighted by Gasteiger charge is -2.32. The lowest BCUT2D eigenvalue weighted by Crippen LogP contribution is -2.40. The number of methoxy groups -OCH3 is 1. The Morgan fingerprint density at radius 1 is 1.35 bits per heavy atom. The lowest BCUT2D eigenvalue weighted by molar-refractivity contribution is -0.137. The number of rotatable bonds is 7. The fourth-order valence-corrected chi connectivity index (χ4v) is 3.09. The van der Waals surface area contributed by atoms with Crippen LogP contribution in [0.15, 0.2) is 24.3 Å². The second-order valence-corrected chi connectivity index (χ2v) is 6.13. The summed E-state index contributed by atoms with van der Waals surface area (Å²) in [4.78, 5) is 25.0. The molecule has 126 valence electrons. The molecule has 1 saturated heterocycles. The molecule has 1 aliphatic heterocycles. The highest BCUT2D eigenvalue weighted by molar-refractivity contribution is 5.76. The Hall–Kier alpha value is -2.04. The Morgan fingerprint density at radius 3 is 2.91 bits per heavy atom. The summed E-state index contributed by atoms with van der Waals surface area (Å²) in [6.45, 7) is 1.49. The summed E-state index contributed by atoms with van der Waals surface area (Å²) >= 11 is 0. The van der Waals surface area contributed by atoms with E-state index in [9.17, 15) is 9.59 Å². The van der Waals surface area contributed by atoms with E-state index in [1.54, 1.807) is 7.11 Å². The van der Waals surface area contributed by atoms with E-state index in [2.05, 4.69) is 0 Å². The Kier molecular flexibility index (Phi) is 6.44. The van der Waals surface area contributed by atoms with Gasteiger partial charge in [-0.15, -0.1) is 0 Å². The van der Waals surface area contributed by atoms with E-state index in [0.29, 0.717) is 31.7 Å². The molecule has 1 heterocycles. The molecule has 0 unspecified atom stereocenters. The summed E-state index contributed by atoms with van der Waals surface area (Å²) in [5, 5.41) is 8.78. The molecule has 0 bridgehead atoms. The molecule has 2 rings (SSSR count). The van der Waals surface area contributed by atoms with Crippen molar-refractivity contribution in [2.75, 3.05) is 20.2 Å². The smallest absolute Gasteiger partial charge is 0.303 e. The van der Waals surface area contributed by atoms with Crippen LogP contribution in [0.3, 0.4) is 0 Å². The van der Waals surface area contributed by atoms with Crippen LogP contribution in [0.2, 0.25) is 0 Å². The van der Waals surface area contributed by atoms with Crippen molar-refractivity contribution in [2.45, 2.75) is 38.5 Å². The highest BCUT2D eigenvalue weighted by Crippen LogP contribution is 2.22. The maximum atomic E-state index is 12.4. The van der Waals surface area contributed by atoms with Gasteiger partial charge in [-0.1, -0.05) is 12.1 Å². The third-order valence-electron chi connectivity index (χ3n) is 4.40. The van der Waals surface area contributed by atoms with Gasteiger partial charge in [0, 0.05) is 25.9 Å². The minimum absolute atomic E-state index is 0.160. The van der Waals surface area contributed by atoms with Crippen LogP contribution < -0.4 is 4.74 Å². The van der Waals surface area contributed by atoms with E-state index in [-0.39, 0.29) is 12.3 Å². The van der Waals surface area contributed by atoms with Crippen molar-refractivity contribution in [3.05, 3.63) is 29.8 Å². The number of carboxylic acid groups (broad SMARTS) is 1. The molecule has 1 N–H and O–H groups in total. The molecule has 1 atom stereocenters. The molecule has 1 fully saturated rings. The molecule has 1 amide bonds. The second-order valence-electron chi connectivity index (χ2n) is 6.13. The van der Waals surface area contributed by atoms with Crippen LogP contribution >= 0.6 is 0 Å². The number of piperidine rings is 1. The van der Waals surface area contributed by atoms with Crippen LogP contribution in [0.4, 0.5) is 0 Å². The van der Waals surface area contributed by atoms with Crippen molar-refractivity contribution < 1.29 is 19.4 Å². The van der Waals surface area contributed by atoms with E-state index < -0.39 is 5.97 Å². The van der Waals surface area contributed by atoms with Gasteiger partial charge < -0.3 is 14.7 Å². The summed E-state index contributed by atoms with van der Waals surface area (Å²) in [5.41, 5.74) is 1.09. The van der Waals surface area contributed by atoms with Crippen molar-refractivity contribution in [1.29, 1.82) is 0 Å². The standard InChI is InChI=1S/C18H25NO4/c1-23-16-6-2-4-14(12-16)7-9-17(20)19-11-3-5-15(13-19)8-10-18(21)22/h2,4,6,12,15H,3,5,7-11,13H2,1H3,(H,21,22)/t15-/m0/s1. The highest BCUT2D eigenvalue weighted by Gasteiger charge is 2.23. The fraction of sp³-hybridized carbons (Fsp3) is 0.556. The van der Waals surface area contributed by atoms with E-state index in [1.165, 1.54) is 0 Å². The van der Waals surface area contributed by atoms with Crippen LogP contribution in [-0.2, 0) is 16.0 Å². The summed E-state index contributed by atoms with van der Waals surface area (Å²) in [6.07, 6.45) is 4.03. The monoisotopic (exact) mass is 319 g/mol. The Balaban J connectivity index is 1.81. The van der Waals surface area contributed by atoms with Gasteiger partial charge in [-0.25, -0.2) is 0 Å². The number of carbonyl (C=O) groups is 2. The number of benzene rings is 1. The maximum Gasteiger partial charge on any atom is 0.303 e. The quantitative estimate of drug-likeness (QED) is 0.839. The van der Waals surface area contributed by atoms with Crippen molar-refractivity contribution in [2.24, 2.45) is 5.92 Å². The number of aryl methyl sites for hydroxylation is 1. The Bertz CT molecular complexity index is 544. The minimum atomic E-state index is -0.758. The van der Waals surface area contributed by atoms with E-state index >= 15 is 0 Å². The van der Waals surface area contributed by atoms with E-state index in [0.717, 1.165) is 30.7 Å². The molecule has 0 aliphatic carbocycles. The minimum Gasteiger partial charge on any atom is -0.497 e.